The molecule has 0 saturated carbocycles. The normalized spacial score (nSPS) is 16.9. The minimum Gasteiger partial charge on any atom is -0.478 e. The first-order chi connectivity index (χ1) is 19.7. The number of anilines is 2. The first kappa shape index (κ1) is 28.6. The van der Waals surface area contributed by atoms with Crippen LogP contribution >= 0.6 is 46.3 Å². The Morgan fingerprint density at radius 2 is 1.98 bits per heavy atom. The number of nitriles is 1. The Hall–Kier alpha value is -3.89. The van der Waals surface area contributed by atoms with Gasteiger partial charge >= 0.3 is 5.97 Å². The zero-order valence-electron chi connectivity index (χ0n) is 21.1. The van der Waals surface area contributed by atoms with Gasteiger partial charge in [0.2, 0.25) is 11.0 Å². The van der Waals surface area contributed by atoms with Crippen LogP contribution in [0.3, 0.4) is 0 Å². The number of thioether (sulfide) groups is 1. The standard InChI is InChI=1S/C27H20Cl2N6O4S2/c28-16-9-8-13(10-17(16)29)22-15(11-30)24(31)35(19-6-3-7-20(36)23(19)22)26-33-34-27(41-26)40-12-21(37)32-18-5-2-1-4-14(18)25(38)39/h1-2,4-5,8-10,22H,3,6-7,12,31H2,(H,32,37)(H,38,39). The van der Waals surface area contributed by atoms with Crippen molar-refractivity contribution < 1.29 is 19.5 Å². The van der Waals surface area contributed by atoms with Gasteiger partial charge in [-0.2, -0.15) is 5.26 Å². The number of benzene rings is 2. The number of allylic oxidation sites excluding steroid dienone is 3. The second kappa shape index (κ2) is 11.9. The molecule has 0 saturated heterocycles. The lowest BCUT2D eigenvalue weighted by Gasteiger charge is -2.38. The molecule has 10 nitrogen and oxygen atoms in total. The van der Waals surface area contributed by atoms with Gasteiger partial charge in [-0.15, -0.1) is 10.2 Å². The van der Waals surface area contributed by atoms with Crippen molar-refractivity contribution in [2.45, 2.75) is 29.5 Å². The van der Waals surface area contributed by atoms with E-state index in [1.54, 1.807) is 35.2 Å². The summed E-state index contributed by atoms with van der Waals surface area (Å²) in [4.78, 5) is 38.8. The Morgan fingerprint density at radius 1 is 1.20 bits per heavy atom. The Morgan fingerprint density at radius 3 is 2.71 bits per heavy atom. The number of carboxylic acid groups (broad SMARTS) is 1. The summed E-state index contributed by atoms with van der Waals surface area (Å²) in [6.07, 6.45) is 1.47. The summed E-state index contributed by atoms with van der Waals surface area (Å²) in [6, 6.07) is 13.3. The van der Waals surface area contributed by atoms with E-state index in [4.69, 9.17) is 28.9 Å². The van der Waals surface area contributed by atoms with Crippen molar-refractivity contribution in [3.05, 3.63) is 86.3 Å². The van der Waals surface area contributed by atoms with Gasteiger partial charge in [0.15, 0.2) is 10.1 Å². The Kier molecular flexibility index (Phi) is 8.32. The SMILES string of the molecule is N#CC1=C(N)N(c2nnc(SCC(=O)Nc3ccccc3C(=O)O)s2)C2=C(C(=O)CCC2)C1c1ccc(Cl)c(Cl)c1. The van der Waals surface area contributed by atoms with Gasteiger partial charge in [0.05, 0.1) is 44.6 Å². The van der Waals surface area contributed by atoms with E-state index in [0.717, 1.165) is 23.1 Å². The number of aromatic nitrogens is 2. The molecule has 208 valence electrons. The van der Waals surface area contributed by atoms with Gasteiger partial charge in [-0.05, 0) is 42.7 Å². The molecule has 1 aliphatic heterocycles. The van der Waals surface area contributed by atoms with E-state index < -0.39 is 17.8 Å². The number of carbonyl (C=O) groups is 3. The highest BCUT2D eigenvalue weighted by Crippen LogP contribution is 2.47. The van der Waals surface area contributed by atoms with Crippen LogP contribution in [0.15, 0.2) is 69.5 Å². The van der Waals surface area contributed by atoms with Crippen molar-refractivity contribution in [1.82, 2.24) is 10.2 Å². The van der Waals surface area contributed by atoms with Gasteiger partial charge in [0.1, 0.15) is 5.82 Å². The number of carbonyl (C=O) groups excluding carboxylic acids is 2. The van der Waals surface area contributed by atoms with E-state index in [9.17, 15) is 24.8 Å². The summed E-state index contributed by atoms with van der Waals surface area (Å²) >= 11 is 14.6. The van der Waals surface area contributed by atoms with E-state index in [2.05, 4.69) is 21.6 Å². The highest BCUT2D eigenvalue weighted by Gasteiger charge is 2.41. The topological polar surface area (TPSA) is 162 Å². The zero-order valence-corrected chi connectivity index (χ0v) is 24.2. The second-order valence-electron chi connectivity index (χ2n) is 9.03. The quantitative estimate of drug-likeness (QED) is 0.282. The maximum atomic E-state index is 13.3. The molecule has 14 heteroatoms. The first-order valence-corrected chi connectivity index (χ1v) is 14.7. The van der Waals surface area contributed by atoms with Crippen LogP contribution in [0.1, 0.15) is 41.1 Å². The molecule has 5 rings (SSSR count). The van der Waals surface area contributed by atoms with Gasteiger partial charge in [0.25, 0.3) is 0 Å². The van der Waals surface area contributed by atoms with E-state index >= 15 is 0 Å². The molecule has 2 aliphatic rings. The number of hydrogen-bond donors (Lipinski definition) is 3. The number of hydrogen-bond acceptors (Lipinski definition) is 10. The molecule has 1 atom stereocenters. The maximum Gasteiger partial charge on any atom is 0.337 e. The molecule has 0 spiro atoms. The fourth-order valence-corrected chi connectivity index (χ4v) is 6.76. The number of para-hydroxylation sites is 1. The molecular formula is C27H20Cl2N6O4S2. The molecule has 1 aromatic heterocycles. The molecule has 3 aromatic rings. The predicted molar refractivity (Wildman–Crippen MR) is 157 cm³/mol. The second-order valence-corrected chi connectivity index (χ2v) is 12.0. The number of ketones is 1. The minimum absolute atomic E-state index is 0.0185. The minimum atomic E-state index is -1.15. The fraction of sp³-hybridized carbons (Fsp3) is 0.185. The summed E-state index contributed by atoms with van der Waals surface area (Å²) < 4.78 is 0.448. The van der Waals surface area contributed by atoms with Gasteiger partial charge in [-0.25, -0.2) is 4.79 Å². The van der Waals surface area contributed by atoms with E-state index in [-0.39, 0.29) is 34.2 Å². The van der Waals surface area contributed by atoms with E-state index in [1.807, 2.05) is 0 Å². The lowest BCUT2D eigenvalue weighted by atomic mass is 9.76. The smallest absolute Gasteiger partial charge is 0.337 e. The van der Waals surface area contributed by atoms with Crippen LogP contribution in [0.5, 0.6) is 0 Å². The van der Waals surface area contributed by atoms with Crippen molar-refractivity contribution in [1.29, 1.82) is 5.26 Å². The highest BCUT2D eigenvalue weighted by molar-refractivity contribution is 8.01. The molecule has 0 radical (unpaired) electrons. The molecule has 0 fully saturated rings. The summed E-state index contributed by atoms with van der Waals surface area (Å²) in [7, 11) is 0. The lowest BCUT2D eigenvalue weighted by Crippen LogP contribution is -2.38. The Labute approximate surface area is 252 Å². The van der Waals surface area contributed by atoms with Crippen molar-refractivity contribution >= 4 is 74.8 Å². The predicted octanol–water partition coefficient (Wildman–Crippen LogP) is 5.58. The van der Waals surface area contributed by atoms with Crippen LogP contribution in [-0.2, 0) is 9.59 Å². The molecule has 1 unspecified atom stereocenters. The largest absolute Gasteiger partial charge is 0.478 e. The average Bonchev–Trinajstić information content (AvgIpc) is 3.41. The summed E-state index contributed by atoms with van der Waals surface area (Å²) in [5.41, 5.74) is 8.65. The van der Waals surface area contributed by atoms with Gasteiger partial charge < -0.3 is 16.2 Å². The molecular weight excluding hydrogens is 607 g/mol. The third kappa shape index (κ3) is 5.67. The number of amides is 1. The number of carboxylic acids is 1. The number of nitrogens with two attached hydrogens (primary N) is 1. The number of Topliss-reactive ketones (excluding diaryl/α,β-unsaturated/α-hetero) is 1. The van der Waals surface area contributed by atoms with Crippen LogP contribution in [0, 0.1) is 11.3 Å². The van der Waals surface area contributed by atoms with Gasteiger partial charge in [-0.3, -0.25) is 14.5 Å². The van der Waals surface area contributed by atoms with Crippen molar-refractivity contribution in [2.24, 2.45) is 5.73 Å². The van der Waals surface area contributed by atoms with Crippen LogP contribution in [0.25, 0.3) is 0 Å². The van der Waals surface area contributed by atoms with E-state index in [0.29, 0.717) is 55.6 Å². The number of aromatic carboxylic acids is 1. The van der Waals surface area contributed by atoms with Crippen LogP contribution in [0.2, 0.25) is 10.0 Å². The zero-order chi connectivity index (χ0) is 29.3. The summed E-state index contributed by atoms with van der Waals surface area (Å²) in [6.45, 7) is 0. The van der Waals surface area contributed by atoms with Crippen LogP contribution < -0.4 is 16.0 Å². The molecule has 41 heavy (non-hydrogen) atoms. The lowest BCUT2D eigenvalue weighted by molar-refractivity contribution is -0.116. The van der Waals surface area contributed by atoms with Crippen molar-refractivity contribution in [3.8, 4) is 6.07 Å². The van der Waals surface area contributed by atoms with Crippen molar-refractivity contribution in [2.75, 3.05) is 16.0 Å². The molecule has 2 heterocycles. The molecule has 1 amide bonds. The summed E-state index contributed by atoms with van der Waals surface area (Å²) in [5.74, 6) is -2.28. The number of halogens is 2. The van der Waals surface area contributed by atoms with Crippen molar-refractivity contribution in [3.63, 3.8) is 0 Å². The molecule has 1 aliphatic carbocycles. The Bertz CT molecular complexity index is 1700. The first-order valence-electron chi connectivity index (χ1n) is 12.2. The monoisotopic (exact) mass is 626 g/mol. The third-order valence-electron chi connectivity index (χ3n) is 6.54. The molecule has 4 N–H and O–H groups in total. The highest BCUT2D eigenvalue weighted by atomic mass is 35.5. The fourth-order valence-electron chi connectivity index (χ4n) is 4.77. The van der Waals surface area contributed by atoms with Gasteiger partial charge in [-0.1, -0.05) is 64.5 Å². The summed E-state index contributed by atoms with van der Waals surface area (Å²) in [5, 5.41) is 31.5. The number of rotatable bonds is 7. The number of nitrogens with one attached hydrogen (secondary N) is 1. The molecule has 0 bridgehead atoms. The molecule has 2 aromatic carbocycles. The van der Waals surface area contributed by atoms with Gasteiger partial charge in [0, 0.05) is 17.7 Å². The number of nitrogens with zero attached hydrogens (tertiary/aromatic N) is 4. The average molecular weight is 628 g/mol. The third-order valence-corrected chi connectivity index (χ3v) is 9.32. The van der Waals surface area contributed by atoms with Crippen LogP contribution in [-0.4, -0.2) is 38.7 Å². The Balaban J connectivity index is 1.42. The van der Waals surface area contributed by atoms with Crippen LogP contribution in [0.4, 0.5) is 10.8 Å². The maximum absolute atomic E-state index is 13.3. The van der Waals surface area contributed by atoms with E-state index in [1.165, 1.54) is 12.1 Å².